The Kier molecular flexibility index (Phi) is 48.9. The molecule has 0 aromatic carbocycles. The number of unbranched alkanes of at least 4 members (excludes halogenated alkanes) is 26. The topological polar surface area (TPSA) is 155 Å². The van der Waals surface area contributed by atoms with Crippen LogP contribution in [0.2, 0.25) is 0 Å². The molecule has 3 atom stereocenters. The largest absolute Gasteiger partial charge is 0.472 e. The van der Waals surface area contributed by atoms with E-state index in [1.807, 2.05) is 0 Å². The highest BCUT2D eigenvalue weighted by molar-refractivity contribution is 7.47. The summed E-state index contributed by atoms with van der Waals surface area (Å²) in [6, 6.07) is 0. The quantitative estimate of drug-likeness (QED) is 0.0197. The van der Waals surface area contributed by atoms with Gasteiger partial charge < -0.3 is 24.2 Å². The van der Waals surface area contributed by atoms with E-state index in [1.165, 1.54) is 83.5 Å². The van der Waals surface area contributed by atoms with Gasteiger partial charge >= 0.3 is 25.7 Å². The average Bonchev–Trinajstić information content (AvgIpc) is 3.32. The highest BCUT2D eigenvalue weighted by atomic mass is 31.2. The molecule has 0 aromatic rings. The molecule has 0 aliphatic rings. The second-order valence-corrected chi connectivity index (χ2v) is 19.8. The van der Waals surface area contributed by atoms with Crippen LogP contribution in [0.1, 0.15) is 252 Å². The monoisotopic (exact) mass is 981 g/mol. The number of carbonyl (C=O) groups excluding carboxylic acids is 3. The van der Waals surface area contributed by atoms with Crippen LogP contribution >= 0.6 is 7.82 Å². The summed E-state index contributed by atoms with van der Waals surface area (Å²) in [7, 11) is -4.74. The lowest BCUT2D eigenvalue weighted by Gasteiger charge is -2.21. The molecule has 0 saturated heterocycles. The van der Waals surface area contributed by atoms with Gasteiger partial charge in [-0.25, -0.2) is 4.57 Å². The molecule has 0 bridgehead atoms. The number of phosphoric acid groups is 1. The van der Waals surface area contributed by atoms with Crippen molar-refractivity contribution in [3.05, 3.63) is 48.6 Å². The number of hydrogen-bond acceptors (Lipinski definition) is 10. The van der Waals surface area contributed by atoms with Crippen LogP contribution in [0.4, 0.5) is 0 Å². The van der Waals surface area contributed by atoms with Gasteiger partial charge in [-0.05, 0) is 77.0 Å². The van der Waals surface area contributed by atoms with Crippen LogP contribution in [0.15, 0.2) is 48.6 Å². The number of ether oxygens (including phenoxy) is 3. The first-order valence-corrected chi connectivity index (χ1v) is 29.0. The van der Waals surface area contributed by atoms with E-state index in [-0.39, 0.29) is 25.9 Å². The Balaban J connectivity index is 4.66. The molecule has 0 amide bonds. The van der Waals surface area contributed by atoms with E-state index in [0.717, 1.165) is 109 Å². The van der Waals surface area contributed by atoms with Gasteiger partial charge in [-0.2, -0.15) is 0 Å². The Hall–Kier alpha value is -2.56. The minimum absolute atomic E-state index is 0.158. The lowest BCUT2D eigenvalue weighted by atomic mass is 10.1. The number of aliphatic hydroxyl groups excluding tert-OH is 1. The number of carbonyl (C=O) groups is 3. The summed E-state index contributed by atoms with van der Waals surface area (Å²) in [5.74, 6) is -1.48. The van der Waals surface area contributed by atoms with Crippen molar-refractivity contribution < 1.29 is 52.2 Å². The molecule has 0 spiro atoms. The number of allylic oxidation sites excluding steroid dienone is 8. The van der Waals surface area contributed by atoms with Crippen molar-refractivity contribution >= 4 is 25.7 Å². The summed E-state index contributed by atoms with van der Waals surface area (Å²) in [6.45, 7) is 4.50. The second kappa shape index (κ2) is 50.8. The third kappa shape index (κ3) is 48.5. The number of phosphoric ester groups is 1. The zero-order valence-corrected chi connectivity index (χ0v) is 44.5. The smallest absolute Gasteiger partial charge is 0.462 e. The molecule has 12 heteroatoms. The van der Waals surface area contributed by atoms with Crippen molar-refractivity contribution in [3.63, 3.8) is 0 Å². The maximum Gasteiger partial charge on any atom is 0.472 e. The van der Waals surface area contributed by atoms with Gasteiger partial charge in [0.25, 0.3) is 0 Å². The minimum atomic E-state index is -4.74. The fourth-order valence-electron chi connectivity index (χ4n) is 7.54. The second-order valence-electron chi connectivity index (χ2n) is 18.4. The first-order chi connectivity index (χ1) is 33.2. The highest BCUT2D eigenvalue weighted by Crippen LogP contribution is 2.43. The Morgan fingerprint density at radius 1 is 0.426 bits per heavy atom. The van der Waals surface area contributed by atoms with Crippen molar-refractivity contribution in [3.8, 4) is 0 Å². The molecule has 0 saturated carbocycles. The lowest BCUT2D eigenvalue weighted by Crippen LogP contribution is -2.30. The number of aliphatic hydroxyl groups is 1. The average molecular weight is 981 g/mol. The van der Waals surface area contributed by atoms with Gasteiger partial charge in [0.15, 0.2) is 6.10 Å². The molecular formula is C56H101O11P. The molecule has 0 fully saturated rings. The predicted molar refractivity (Wildman–Crippen MR) is 279 cm³/mol. The van der Waals surface area contributed by atoms with Crippen molar-refractivity contribution in [1.82, 2.24) is 0 Å². The Morgan fingerprint density at radius 3 is 1.19 bits per heavy atom. The fourth-order valence-corrected chi connectivity index (χ4v) is 8.33. The van der Waals surface area contributed by atoms with Crippen molar-refractivity contribution in [2.45, 2.75) is 264 Å². The zero-order chi connectivity index (χ0) is 49.9. The van der Waals surface area contributed by atoms with Gasteiger partial charge in [-0.15, -0.1) is 0 Å². The van der Waals surface area contributed by atoms with E-state index in [0.29, 0.717) is 19.3 Å². The Morgan fingerprint density at radius 2 is 0.765 bits per heavy atom. The normalized spacial score (nSPS) is 13.8. The van der Waals surface area contributed by atoms with E-state index < -0.39 is 57.8 Å². The van der Waals surface area contributed by atoms with Gasteiger partial charge in [0.2, 0.25) is 0 Å². The first kappa shape index (κ1) is 65.4. The minimum Gasteiger partial charge on any atom is -0.462 e. The maximum atomic E-state index is 12.9. The molecular weight excluding hydrogens is 880 g/mol. The standard InChI is InChI=1S/C56H101O11P/c1-4-7-10-13-16-19-21-23-25-26-28-30-32-35-38-41-44-47-56(60)67-53(49-63-54(58)45-42-39-36-33-18-15-12-9-6-3)51-65-68(61,62)64-50-52(48-57)66-55(59)46-43-40-37-34-31-29-27-24-22-20-17-14-11-8-5-2/h7,10,16,19,23-25,27,52-53,57H,4-6,8-9,11-15,17-18,20-22,26,28-51H2,1-3H3,(H,61,62)/b10-7-,19-16-,25-23-,27-24-. The van der Waals surface area contributed by atoms with Crippen LogP contribution in [0.25, 0.3) is 0 Å². The van der Waals surface area contributed by atoms with Crippen LogP contribution in [0.5, 0.6) is 0 Å². The highest BCUT2D eigenvalue weighted by Gasteiger charge is 2.28. The molecule has 68 heavy (non-hydrogen) atoms. The van der Waals surface area contributed by atoms with E-state index >= 15 is 0 Å². The molecule has 0 aliphatic carbocycles. The molecule has 2 N–H and O–H groups in total. The summed E-state index contributed by atoms with van der Waals surface area (Å²) in [6.07, 6.45) is 52.2. The van der Waals surface area contributed by atoms with E-state index in [2.05, 4.69) is 69.4 Å². The SMILES string of the molecule is CC/C=C\C/C=C\C/C=C\CCCCCCCCCC(=O)OC(COC(=O)CCCCCCCCCCC)COP(=O)(O)OCC(CO)OC(=O)CCCCCCC/C=C\CCCCCCCC. The first-order valence-electron chi connectivity index (χ1n) is 27.5. The van der Waals surface area contributed by atoms with E-state index in [4.69, 9.17) is 23.3 Å². The number of esters is 3. The van der Waals surface area contributed by atoms with Gasteiger partial charge in [0, 0.05) is 19.3 Å². The molecule has 0 aromatic heterocycles. The predicted octanol–water partition coefficient (Wildman–Crippen LogP) is 15.8. The van der Waals surface area contributed by atoms with Crippen molar-refractivity contribution in [1.29, 1.82) is 0 Å². The van der Waals surface area contributed by atoms with Gasteiger partial charge in [0.05, 0.1) is 19.8 Å². The van der Waals surface area contributed by atoms with Crippen molar-refractivity contribution in [2.24, 2.45) is 0 Å². The number of hydrogen-bond donors (Lipinski definition) is 2. The third-order valence-corrected chi connectivity index (χ3v) is 12.7. The van der Waals surface area contributed by atoms with Crippen LogP contribution in [-0.4, -0.2) is 66.5 Å². The molecule has 3 unspecified atom stereocenters. The summed E-state index contributed by atoms with van der Waals surface area (Å²) in [5.41, 5.74) is 0. The van der Waals surface area contributed by atoms with Gasteiger partial charge in [-0.1, -0.05) is 204 Å². The lowest BCUT2D eigenvalue weighted by molar-refractivity contribution is -0.161. The van der Waals surface area contributed by atoms with Crippen molar-refractivity contribution in [2.75, 3.05) is 26.4 Å². The molecule has 0 aliphatic heterocycles. The van der Waals surface area contributed by atoms with Gasteiger partial charge in [-0.3, -0.25) is 23.4 Å². The molecule has 11 nitrogen and oxygen atoms in total. The zero-order valence-electron chi connectivity index (χ0n) is 43.6. The molecule has 0 heterocycles. The summed E-state index contributed by atoms with van der Waals surface area (Å²) in [5, 5.41) is 9.79. The van der Waals surface area contributed by atoms with Crippen LogP contribution in [0.3, 0.4) is 0 Å². The Labute approximate surface area is 415 Å². The summed E-state index contributed by atoms with van der Waals surface area (Å²) < 4.78 is 39.4. The third-order valence-electron chi connectivity index (χ3n) is 11.7. The fraction of sp³-hybridized carbons (Fsp3) is 0.804. The maximum absolute atomic E-state index is 12.9. The molecule has 0 radical (unpaired) electrons. The van der Waals surface area contributed by atoms with Crippen LogP contribution < -0.4 is 0 Å². The van der Waals surface area contributed by atoms with E-state index in [9.17, 15) is 28.9 Å². The van der Waals surface area contributed by atoms with E-state index in [1.54, 1.807) is 0 Å². The van der Waals surface area contributed by atoms with Crippen LogP contribution in [-0.2, 0) is 42.2 Å². The molecule has 396 valence electrons. The summed E-state index contributed by atoms with van der Waals surface area (Å²) in [4.78, 5) is 48.3. The van der Waals surface area contributed by atoms with Gasteiger partial charge in [0.1, 0.15) is 12.7 Å². The Bertz CT molecular complexity index is 1330. The summed E-state index contributed by atoms with van der Waals surface area (Å²) >= 11 is 0. The number of rotatable bonds is 51. The molecule has 0 rings (SSSR count). The van der Waals surface area contributed by atoms with Crippen LogP contribution in [0, 0.1) is 0 Å².